The van der Waals surface area contributed by atoms with E-state index in [1.807, 2.05) is 0 Å². The van der Waals surface area contributed by atoms with Crippen LogP contribution in [0.25, 0.3) is 0 Å². The highest BCUT2D eigenvalue weighted by atomic mass is 32.2. The predicted molar refractivity (Wildman–Crippen MR) is 90.5 cm³/mol. The van der Waals surface area contributed by atoms with Gasteiger partial charge in [-0.05, 0) is 37.1 Å². The van der Waals surface area contributed by atoms with Crippen LogP contribution in [0.15, 0.2) is 29.2 Å². The van der Waals surface area contributed by atoms with Gasteiger partial charge in [-0.2, -0.15) is 0 Å². The number of hydrogen-bond donors (Lipinski definition) is 2. The number of carbonyl (C=O) groups excluding carboxylic acids is 2. The van der Waals surface area contributed by atoms with E-state index in [4.69, 9.17) is 4.74 Å². The van der Waals surface area contributed by atoms with Crippen molar-refractivity contribution < 1.29 is 27.5 Å². The normalized spacial score (nSPS) is 17.2. The summed E-state index contributed by atoms with van der Waals surface area (Å²) >= 11 is 0. The molecule has 25 heavy (non-hydrogen) atoms. The molecule has 0 saturated carbocycles. The van der Waals surface area contributed by atoms with Crippen LogP contribution < -0.4 is 10.0 Å². The van der Waals surface area contributed by atoms with Gasteiger partial charge in [-0.25, -0.2) is 13.1 Å². The molecule has 1 aromatic carbocycles. The van der Waals surface area contributed by atoms with Crippen LogP contribution in [0.2, 0.25) is 0 Å². The van der Waals surface area contributed by atoms with Crippen LogP contribution in [0.3, 0.4) is 0 Å². The first-order valence-corrected chi connectivity index (χ1v) is 9.47. The average Bonchev–Trinajstić information content (AvgIpc) is 3.12. The monoisotopic (exact) mass is 370 g/mol. The van der Waals surface area contributed by atoms with Crippen molar-refractivity contribution in [3.05, 3.63) is 24.3 Å². The average molecular weight is 370 g/mol. The summed E-state index contributed by atoms with van der Waals surface area (Å²) in [5.41, 5.74) is 0.452. The molecule has 0 aliphatic carbocycles. The third-order valence-electron chi connectivity index (χ3n) is 3.76. The minimum atomic E-state index is -3.62. The summed E-state index contributed by atoms with van der Waals surface area (Å²) in [5, 5.41) is 2.59. The van der Waals surface area contributed by atoms with Gasteiger partial charge in [-0.15, -0.1) is 0 Å². The van der Waals surface area contributed by atoms with E-state index >= 15 is 0 Å². The van der Waals surface area contributed by atoms with Crippen molar-refractivity contribution in [2.24, 2.45) is 0 Å². The Morgan fingerprint density at radius 2 is 1.96 bits per heavy atom. The number of ether oxygens (including phenoxy) is 2. The molecule has 2 N–H and O–H groups in total. The Hall–Kier alpha value is -1.97. The zero-order chi connectivity index (χ0) is 18.3. The minimum absolute atomic E-state index is 0.00430. The van der Waals surface area contributed by atoms with E-state index in [0.29, 0.717) is 12.3 Å². The molecule has 8 nitrogen and oxygen atoms in total. The van der Waals surface area contributed by atoms with Gasteiger partial charge < -0.3 is 14.8 Å². The summed E-state index contributed by atoms with van der Waals surface area (Å²) in [6.45, 7) is 0.908. The fourth-order valence-electron chi connectivity index (χ4n) is 2.35. The molecule has 138 valence electrons. The Kier molecular flexibility index (Phi) is 6.91. The van der Waals surface area contributed by atoms with Crippen LogP contribution >= 0.6 is 0 Å². The van der Waals surface area contributed by atoms with E-state index in [1.54, 1.807) is 0 Å². The van der Waals surface area contributed by atoms with Gasteiger partial charge in [0.25, 0.3) is 0 Å². The van der Waals surface area contributed by atoms with Gasteiger partial charge in [-0.1, -0.05) is 0 Å². The Bertz CT molecular complexity index is 696. The first kappa shape index (κ1) is 19.4. The van der Waals surface area contributed by atoms with Crippen LogP contribution in [0.4, 0.5) is 5.69 Å². The lowest BCUT2D eigenvalue weighted by Crippen LogP contribution is -2.31. The van der Waals surface area contributed by atoms with Gasteiger partial charge in [0.05, 0.1) is 24.5 Å². The summed E-state index contributed by atoms with van der Waals surface area (Å²) in [5.74, 6) is -0.813. The van der Waals surface area contributed by atoms with Crippen molar-refractivity contribution in [1.29, 1.82) is 0 Å². The number of carbonyl (C=O) groups is 2. The van der Waals surface area contributed by atoms with Crippen molar-refractivity contribution in [3.8, 4) is 0 Å². The highest BCUT2D eigenvalue weighted by Gasteiger charge is 2.20. The maximum absolute atomic E-state index is 12.2. The highest BCUT2D eigenvalue weighted by molar-refractivity contribution is 7.89. The molecule has 1 unspecified atom stereocenters. The summed E-state index contributed by atoms with van der Waals surface area (Å²) in [6, 6.07) is 5.81. The van der Waals surface area contributed by atoms with E-state index in [9.17, 15) is 18.0 Å². The standard InChI is InChI=1S/C16H22N2O6S/c1-23-16(20)9-8-15(19)18-12-4-6-14(7-5-12)25(21,22)17-11-13-3-2-10-24-13/h4-7,13,17H,2-3,8-11H2,1H3,(H,18,19). The van der Waals surface area contributed by atoms with Crippen molar-refractivity contribution in [3.63, 3.8) is 0 Å². The molecule has 1 aliphatic heterocycles. The maximum Gasteiger partial charge on any atom is 0.306 e. The zero-order valence-corrected chi connectivity index (χ0v) is 14.8. The van der Waals surface area contributed by atoms with E-state index in [0.717, 1.165) is 12.8 Å². The van der Waals surface area contributed by atoms with Crippen molar-refractivity contribution in [2.45, 2.75) is 36.7 Å². The molecule has 0 radical (unpaired) electrons. The maximum atomic E-state index is 12.2. The number of rotatable bonds is 8. The first-order chi connectivity index (χ1) is 11.9. The molecule has 0 spiro atoms. The molecule has 1 fully saturated rings. The van der Waals surface area contributed by atoms with E-state index in [-0.39, 0.29) is 36.3 Å². The highest BCUT2D eigenvalue weighted by Crippen LogP contribution is 2.16. The molecule has 1 heterocycles. The molecule has 1 amide bonds. The molecule has 1 aliphatic rings. The topological polar surface area (TPSA) is 111 Å². The van der Waals surface area contributed by atoms with E-state index in [1.165, 1.54) is 31.4 Å². The minimum Gasteiger partial charge on any atom is -0.469 e. The van der Waals surface area contributed by atoms with Crippen LogP contribution in [0.1, 0.15) is 25.7 Å². The van der Waals surface area contributed by atoms with Crippen LogP contribution in [0.5, 0.6) is 0 Å². The number of anilines is 1. The number of sulfonamides is 1. The lowest BCUT2D eigenvalue weighted by Gasteiger charge is -2.12. The summed E-state index contributed by atoms with van der Waals surface area (Å²) < 4.78 is 36.8. The summed E-state index contributed by atoms with van der Waals surface area (Å²) in [7, 11) is -2.37. The fourth-order valence-corrected chi connectivity index (χ4v) is 3.42. The number of benzene rings is 1. The molecular formula is C16H22N2O6S. The smallest absolute Gasteiger partial charge is 0.306 e. The van der Waals surface area contributed by atoms with Gasteiger partial charge in [0.1, 0.15) is 0 Å². The Morgan fingerprint density at radius 1 is 1.24 bits per heavy atom. The molecule has 1 atom stereocenters. The molecule has 0 aromatic heterocycles. The lowest BCUT2D eigenvalue weighted by atomic mass is 10.2. The van der Waals surface area contributed by atoms with Gasteiger partial charge in [0.15, 0.2) is 0 Å². The predicted octanol–water partition coefficient (Wildman–Crippen LogP) is 1.04. The Balaban J connectivity index is 1.87. The van der Waals surface area contributed by atoms with Crippen LogP contribution in [-0.2, 0) is 29.1 Å². The molecular weight excluding hydrogens is 348 g/mol. The number of nitrogens with one attached hydrogen (secondary N) is 2. The van der Waals surface area contributed by atoms with Crippen molar-refractivity contribution in [1.82, 2.24) is 4.72 Å². The second kappa shape index (κ2) is 8.93. The van der Waals surface area contributed by atoms with Gasteiger partial charge in [0.2, 0.25) is 15.9 Å². The number of hydrogen-bond acceptors (Lipinski definition) is 6. The summed E-state index contributed by atoms with van der Waals surface area (Å²) in [6.07, 6.45) is 1.69. The molecule has 0 bridgehead atoms. The van der Waals surface area contributed by atoms with Gasteiger partial charge in [0, 0.05) is 25.3 Å². The second-order valence-corrected chi connectivity index (χ2v) is 7.40. The zero-order valence-electron chi connectivity index (χ0n) is 14.0. The number of amides is 1. The van der Waals surface area contributed by atoms with Crippen LogP contribution in [-0.4, -0.2) is 46.7 Å². The Morgan fingerprint density at radius 3 is 2.56 bits per heavy atom. The molecule has 2 rings (SSSR count). The van der Waals surface area contributed by atoms with Gasteiger partial charge >= 0.3 is 5.97 Å². The van der Waals surface area contributed by atoms with Crippen molar-refractivity contribution >= 4 is 27.6 Å². The SMILES string of the molecule is COC(=O)CCC(=O)Nc1ccc(S(=O)(=O)NCC2CCCO2)cc1. The Labute approximate surface area is 146 Å². The molecule has 9 heteroatoms. The third-order valence-corrected chi connectivity index (χ3v) is 5.20. The summed E-state index contributed by atoms with van der Waals surface area (Å²) in [4.78, 5) is 22.8. The number of esters is 1. The van der Waals surface area contributed by atoms with Gasteiger partial charge in [-0.3, -0.25) is 9.59 Å². The molecule has 1 aromatic rings. The second-order valence-electron chi connectivity index (χ2n) is 5.64. The first-order valence-electron chi connectivity index (χ1n) is 7.99. The quantitative estimate of drug-likeness (QED) is 0.662. The third kappa shape index (κ3) is 6.11. The van der Waals surface area contributed by atoms with Crippen molar-refractivity contribution in [2.75, 3.05) is 25.6 Å². The van der Waals surface area contributed by atoms with E-state index < -0.39 is 16.0 Å². The largest absolute Gasteiger partial charge is 0.469 e. The number of methoxy groups -OCH3 is 1. The fraction of sp³-hybridized carbons (Fsp3) is 0.500. The lowest BCUT2D eigenvalue weighted by molar-refractivity contribution is -0.141. The van der Waals surface area contributed by atoms with E-state index in [2.05, 4.69) is 14.8 Å². The van der Waals surface area contributed by atoms with Crippen LogP contribution in [0, 0.1) is 0 Å². The molecule has 1 saturated heterocycles.